The summed E-state index contributed by atoms with van der Waals surface area (Å²) in [5, 5.41) is 18.6. The number of carboxylic acid groups (broad SMARTS) is 1. The minimum atomic E-state index is -2.97. The lowest BCUT2D eigenvalue weighted by atomic mass is 9.93. The SMILES string of the molecule is O=C(CCBr)c1cccc(C(F)F)c1C(O)C(=O)O. The molecule has 0 radical (unpaired) electrons. The number of aliphatic hydroxyl groups is 1. The van der Waals surface area contributed by atoms with Crippen LogP contribution in [0.15, 0.2) is 18.2 Å². The van der Waals surface area contributed by atoms with E-state index >= 15 is 0 Å². The van der Waals surface area contributed by atoms with Crippen LogP contribution in [0.1, 0.15) is 40.4 Å². The topological polar surface area (TPSA) is 74.6 Å². The van der Waals surface area contributed by atoms with E-state index in [0.717, 1.165) is 6.07 Å². The van der Waals surface area contributed by atoms with Crippen LogP contribution in [0.5, 0.6) is 0 Å². The fourth-order valence-electron chi connectivity index (χ4n) is 1.67. The van der Waals surface area contributed by atoms with Crippen molar-refractivity contribution in [2.45, 2.75) is 19.0 Å². The van der Waals surface area contributed by atoms with E-state index in [4.69, 9.17) is 5.11 Å². The second-order valence-electron chi connectivity index (χ2n) is 3.71. The number of ketones is 1. The maximum atomic E-state index is 12.9. The Balaban J connectivity index is 3.42. The molecule has 1 aromatic rings. The molecule has 7 heteroatoms. The minimum absolute atomic E-state index is 0.0199. The molecule has 0 aliphatic rings. The zero-order valence-electron chi connectivity index (χ0n) is 9.65. The first-order chi connectivity index (χ1) is 8.90. The van der Waals surface area contributed by atoms with Gasteiger partial charge in [0.2, 0.25) is 0 Å². The summed E-state index contributed by atoms with van der Waals surface area (Å²) in [6.45, 7) is 0. The largest absolute Gasteiger partial charge is 0.479 e. The monoisotopic (exact) mass is 336 g/mol. The van der Waals surface area contributed by atoms with E-state index in [1.54, 1.807) is 0 Å². The van der Waals surface area contributed by atoms with Gasteiger partial charge in [0.1, 0.15) is 0 Å². The molecule has 0 aromatic heterocycles. The zero-order chi connectivity index (χ0) is 14.6. The van der Waals surface area contributed by atoms with Gasteiger partial charge in [-0.15, -0.1) is 0 Å². The maximum Gasteiger partial charge on any atom is 0.337 e. The Labute approximate surface area is 116 Å². The Bertz CT molecular complexity index is 491. The quantitative estimate of drug-likeness (QED) is 0.618. The molecule has 1 atom stereocenters. The number of alkyl halides is 3. The summed E-state index contributed by atoms with van der Waals surface area (Å²) < 4.78 is 25.7. The maximum absolute atomic E-state index is 12.9. The second-order valence-corrected chi connectivity index (χ2v) is 4.51. The van der Waals surface area contributed by atoms with Crippen molar-refractivity contribution in [3.63, 3.8) is 0 Å². The highest BCUT2D eigenvalue weighted by atomic mass is 79.9. The summed E-state index contributed by atoms with van der Waals surface area (Å²) in [6.07, 6.45) is -5.10. The number of hydrogen-bond acceptors (Lipinski definition) is 3. The van der Waals surface area contributed by atoms with Crippen LogP contribution in [0.4, 0.5) is 8.78 Å². The van der Waals surface area contributed by atoms with Crippen LogP contribution in [-0.4, -0.2) is 27.3 Å². The molecule has 0 aliphatic carbocycles. The summed E-state index contributed by atoms with van der Waals surface area (Å²) in [5.41, 5.74) is -1.36. The summed E-state index contributed by atoms with van der Waals surface area (Å²) in [5.74, 6) is -2.18. The summed E-state index contributed by atoms with van der Waals surface area (Å²) >= 11 is 3.04. The number of carbonyl (C=O) groups excluding carboxylic acids is 1. The molecule has 1 aromatic carbocycles. The third kappa shape index (κ3) is 3.57. The number of hydrogen-bond donors (Lipinski definition) is 2. The van der Waals surface area contributed by atoms with Crippen molar-refractivity contribution in [2.24, 2.45) is 0 Å². The van der Waals surface area contributed by atoms with Gasteiger partial charge in [0.15, 0.2) is 11.9 Å². The summed E-state index contributed by atoms with van der Waals surface area (Å²) in [4.78, 5) is 22.6. The van der Waals surface area contributed by atoms with E-state index in [-0.39, 0.29) is 12.0 Å². The predicted molar refractivity (Wildman–Crippen MR) is 66.7 cm³/mol. The van der Waals surface area contributed by atoms with Crippen molar-refractivity contribution < 1.29 is 28.6 Å². The molecule has 0 bridgehead atoms. The molecule has 0 amide bonds. The number of benzene rings is 1. The van der Waals surface area contributed by atoms with Crippen LogP contribution in [0, 0.1) is 0 Å². The first kappa shape index (κ1) is 15.7. The fraction of sp³-hybridized carbons (Fsp3) is 0.333. The highest BCUT2D eigenvalue weighted by Crippen LogP contribution is 2.31. The van der Waals surface area contributed by atoms with Gasteiger partial charge >= 0.3 is 5.97 Å². The Morgan fingerprint density at radius 3 is 2.42 bits per heavy atom. The molecular formula is C12H11BrF2O4. The molecular weight excluding hydrogens is 326 g/mol. The van der Waals surface area contributed by atoms with Gasteiger partial charge in [-0.25, -0.2) is 13.6 Å². The molecule has 19 heavy (non-hydrogen) atoms. The Kier molecular flexibility index (Phi) is 5.56. The smallest absolute Gasteiger partial charge is 0.337 e. The minimum Gasteiger partial charge on any atom is -0.479 e. The second kappa shape index (κ2) is 6.72. The molecule has 104 valence electrons. The van der Waals surface area contributed by atoms with Crippen LogP contribution in [0.25, 0.3) is 0 Å². The number of aliphatic carboxylic acids is 1. The Morgan fingerprint density at radius 1 is 1.32 bits per heavy atom. The van der Waals surface area contributed by atoms with E-state index in [1.807, 2.05) is 0 Å². The molecule has 1 unspecified atom stereocenters. The third-order valence-electron chi connectivity index (χ3n) is 2.50. The van der Waals surface area contributed by atoms with Crippen molar-refractivity contribution in [3.05, 3.63) is 34.9 Å². The van der Waals surface area contributed by atoms with Crippen molar-refractivity contribution in [2.75, 3.05) is 5.33 Å². The van der Waals surface area contributed by atoms with Gasteiger partial charge in [-0.2, -0.15) is 0 Å². The number of carbonyl (C=O) groups is 2. The highest BCUT2D eigenvalue weighted by Gasteiger charge is 2.28. The van der Waals surface area contributed by atoms with Crippen molar-refractivity contribution >= 4 is 27.7 Å². The molecule has 0 saturated heterocycles. The lowest BCUT2D eigenvalue weighted by Crippen LogP contribution is -2.18. The Hall–Kier alpha value is -1.34. The van der Waals surface area contributed by atoms with Crippen LogP contribution in [0.3, 0.4) is 0 Å². The van der Waals surface area contributed by atoms with Crippen LogP contribution in [-0.2, 0) is 4.79 Å². The van der Waals surface area contributed by atoms with Crippen molar-refractivity contribution in [1.29, 1.82) is 0 Å². The predicted octanol–water partition coefficient (Wildman–Crippen LogP) is 2.71. The summed E-state index contributed by atoms with van der Waals surface area (Å²) in [7, 11) is 0. The molecule has 2 N–H and O–H groups in total. The fourth-order valence-corrected chi connectivity index (χ4v) is 2.03. The van der Waals surface area contributed by atoms with Gasteiger partial charge in [0.25, 0.3) is 6.43 Å². The molecule has 0 heterocycles. The van der Waals surface area contributed by atoms with Crippen LogP contribution < -0.4 is 0 Å². The number of aliphatic hydroxyl groups excluding tert-OH is 1. The highest BCUT2D eigenvalue weighted by molar-refractivity contribution is 9.09. The van der Waals surface area contributed by atoms with Gasteiger partial charge in [-0.05, 0) is 0 Å². The van der Waals surface area contributed by atoms with Gasteiger partial charge < -0.3 is 10.2 Å². The standard InChI is InChI=1S/C12H11BrF2O4/c13-5-4-8(16)6-2-1-3-7(11(14)15)9(6)10(17)12(18)19/h1-3,10-11,17H,4-5H2,(H,18,19). The lowest BCUT2D eigenvalue weighted by Gasteiger charge is -2.16. The molecule has 4 nitrogen and oxygen atoms in total. The normalized spacial score (nSPS) is 12.5. The average Bonchev–Trinajstić information content (AvgIpc) is 2.36. The van der Waals surface area contributed by atoms with Crippen molar-refractivity contribution in [3.8, 4) is 0 Å². The van der Waals surface area contributed by atoms with Crippen LogP contribution in [0.2, 0.25) is 0 Å². The van der Waals surface area contributed by atoms with Gasteiger partial charge in [-0.1, -0.05) is 34.1 Å². The lowest BCUT2D eigenvalue weighted by molar-refractivity contribution is -0.147. The van der Waals surface area contributed by atoms with E-state index in [1.165, 1.54) is 12.1 Å². The van der Waals surface area contributed by atoms with Crippen molar-refractivity contribution in [1.82, 2.24) is 0 Å². The molecule has 1 rings (SSSR count). The van der Waals surface area contributed by atoms with E-state index in [0.29, 0.717) is 5.33 Å². The van der Waals surface area contributed by atoms with E-state index in [9.17, 15) is 23.5 Å². The first-order valence-corrected chi connectivity index (χ1v) is 6.43. The first-order valence-electron chi connectivity index (χ1n) is 5.31. The molecule has 0 aliphatic heterocycles. The number of Topliss-reactive ketones (excluding diaryl/α,β-unsaturated/α-hetero) is 1. The molecule has 0 spiro atoms. The number of carboxylic acids is 1. The summed E-state index contributed by atoms with van der Waals surface area (Å²) in [6, 6.07) is 3.47. The Morgan fingerprint density at radius 2 is 1.95 bits per heavy atom. The van der Waals surface area contributed by atoms with Crippen LogP contribution >= 0.6 is 15.9 Å². The van der Waals surface area contributed by atoms with Gasteiger partial charge in [0.05, 0.1) is 0 Å². The van der Waals surface area contributed by atoms with E-state index < -0.39 is 35.4 Å². The third-order valence-corrected chi connectivity index (χ3v) is 2.90. The van der Waals surface area contributed by atoms with E-state index in [2.05, 4.69) is 15.9 Å². The molecule has 0 fully saturated rings. The van der Waals surface area contributed by atoms with Gasteiger partial charge in [-0.3, -0.25) is 4.79 Å². The van der Waals surface area contributed by atoms with Gasteiger partial charge in [0, 0.05) is 28.4 Å². The molecule has 0 saturated carbocycles. The zero-order valence-corrected chi connectivity index (χ0v) is 11.2. The number of halogens is 3. The average molecular weight is 337 g/mol. The number of rotatable bonds is 6.